The molecule has 0 radical (unpaired) electrons. The lowest BCUT2D eigenvalue weighted by atomic mass is 10.3. The van der Waals surface area contributed by atoms with Crippen molar-refractivity contribution in [2.24, 2.45) is 0 Å². The van der Waals surface area contributed by atoms with Gasteiger partial charge in [0.2, 0.25) is 5.53 Å². The fraction of sp³-hybridized carbons (Fsp3) is 1.00. The molecule has 0 aromatic rings. The monoisotopic (exact) mass is 320 g/mol. The van der Waals surface area contributed by atoms with E-state index >= 15 is 0 Å². The highest BCUT2D eigenvalue weighted by atomic mass is 31.1. The molecule has 0 heterocycles. The van der Waals surface area contributed by atoms with Gasteiger partial charge in [0.15, 0.2) is 0 Å². The van der Waals surface area contributed by atoms with Crippen LogP contribution in [0.5, 0.6) is 0 Å². The zero-order chi connectivity index (χ0) is 16.1. The van der Waals surface area contributed by atoms with E-state index in [1.54, 1.807) is 0 Å². The van der Waals surface area contributed by atoms with E-state index in [2.05, 4.69) is 34.6 Å². The van der Waals surface area contributed by atoms with Gasteiger partial charge >= 0.3 is 0 Å². The van der Waals surface area contributed by atoms with Crippen LogP contribution >= 0.6 is 7.92 Å². The van der Waals surface area contributed by atoms with E-state index in [9.17, 15) is 0 Å². The molecular formula is C17H37O3P. The maximum atomic E-state index is 6.22. The molecule has 0 aliphatic carbocycles. The summed E-state index contributed by atoms with van der Waals surface area (Å²) >= 11 is 0. The largest absolute Gasteiger partial charge is 0.373 e. The Morgan fingerprint density at radius 3 is 1.62 bits per heavy atom. The molecule has 1 atom stereocenters. The topological polar surface area (TPSA) is 27.7 Å². The van der Waals surface area contributed by atoms with Crippen molar-refractivity contribution >= 4 is 7.92 Å². The number of hydrogen-bond acceptors (Lipinski definition) is 3. The molecule has 0 amide bonds. The Morgan fingerprint density at radius 1 is 0.810 bits per heavy atom. The summed E-state index contributed by atoms with van der Waals surface area (Å²) < 4.78 is 18.4. The fourth-order valence-electron chi connectivity index (χ4n) is 2.61. The Hall–Kier alpha value is 0.310. The maximum Gasteiger partial charge on any atom is 0.213 e. The van der Waals surface area contributed by atoms with Crippen molar-refractivity contribution in [3.63, 3.8) is 0 Å². The molecule has 4 heteroatoms. The quantitative estimate of drug-likeness (QED) is 0.324. The molecule has 0 aliphatic heterocycles. The van der Waals surface area contributed by atoms with Gasteiger partial charge in [-0.25, -0.2) is 0 Å². The SMILES string of the molecule is CCCCP(CCCC)C(OCC)(OCC)C(C)OCC. The van der Waals surface area contributed by atoms with Gasteiger partial charge in [-0.05, 0) is 60.8 Å². The first-order chi connectivity index (χ1) is 10.1. The third-order valence-corrected chi connectivity index (χ3v) is 6.85. The standard InChI is InChI=1S/C17H37O3P/c1-7-12-14-21(15-13-8-2)17(19-10-4,20-11-5)16(6)18-9-3/h16H,7-15H2,1-6H3. The highest BCUT2D eigenvalue weighted by molar-refractivity contribution is 7.59. The van der Waals surface area contributed by atoms with Crippen molar-refractivity contribution in [1.82, 2.24) is 0 Å². The molecule has 1 unspecified atom stereocenters. The number of unbranched alkanes of at least 4 members (excludes halogenated alkanes) is 2. The smallest absolute Gasteiger partial charge is 0.213 e. The lowest BCUT2D eigenvalue weighted by Crippen LogP contribution is -2.47. The van der Waals surface area contributed by atoms with Gasteiger partial charge in [-0.1, -0.05) is 26.7 Å². The Kier molecular flexibility index (Phi) is 13.0. The van der Waals surface area contributed by atoms with Crippen molar-refractivity contribution < 1.29 is 14.2 Å². The summed E-state index contributed by atoms with van der Waals surface area (Å²) in [6.45, 7) is 14.8. The van der Waals surface area contributed by atoms with Gasteiger partial charge in [-0.2, -0.15) is 0 Å². The molecule has 0 aromatic heterocycles. The second-order valence-electron chi connectivity index (χ2n) is 5.29. The summed E-state index contributed by atoms with van der Waals surface area (Å²) in [7, 11) is -0.352. The average molecular weight is 320 g/mol. The molecule has 0 spiro atoms. The van der Waals surface area contributed by atoms with Crippen LogP contribution in [-0.2, 0) is 14.2 Å². The van der Waals surface area contributed by atoms with Crippen molar-refractivity contribution in [1.29, 1.82) is 0 Å². The minimum absolute atomic E-state index is 0.0118. The maximum absolute atomic E-state index is 6.22. The minimum atomic E-state index is -0.529. The Bertz CT molecular complexity index is 222. The van der Waals surface area contributed by atoms with E-state index in [-0.39, 0.29) is 14.0 Å². The van der Waals surface area contributed by atoms with Crippen molar-refractivity contribution in [3.05, 3.63) is 0 Å². The zero-order valence-corrected chi connectivity index (χ0v) is 16.0. The van der Waals surface area contributed by atoms with Gasteiger partial charge in [0, 0.05) is 19.8 Å². The minimum Gasteiger partial charge on any atom is -0.373 e. The molecule has 0 aliphatic rings. The van der Waals surface area contributed by atoms with Crippen molar-refractivity contribution in [2.45, 2.75) is 78.9 Å². The third-order valence-electron chi connectivity index (χ3n) is 3.64. The average Bonchev–Trinajstić information content (AvgIpc) is 2.47. The molecule has 3 nitrogen and oxygen atoms in total. The van der Waals surface area contributed by atoms with Crippen LogP contribution in [-0.4, -0.2) is 43.8 Å². The summed E-state index contributed by atoms with van der Waals surface area (Å²) in [4.78, 5) is 0. The van der Waals surface area contributed by atoms with Crippen LogP contribution in [0, 0.1) is 0 Å². The van der Waals surface area contributed by atoms with Gasteiger partial charge in [0.05, 0.1) is 0 Å². The molecule has 0 bridgehead atoms. The van der Waals surface area contributed by atoms with E-state index in [1.165, 1.54) is 38.0 Å². The normalized spacial score (nSPS) is 13.9. The van der Waals surface area contributed by atoms with Crippen LogP contribution in [0.1, 0.15) is 67.2 Å². The highest BCUT2D eigenvalue weighted by Gasteiger charge is 2.45. The van der Waals surface area contributed by atoms with Crippen LogP contribution in [0.15, 0.2) is 0 Å². The van der Waals surface area contributed by atoms with Crippen LogP contribution < -0.4 is 0 Å². The van der Waals surface area contributed by atoms with Crippen LogP contribution in [0.2, 0.25) is 0 Å². The molecule has 0 aromatic carbocycles. The van der Waals surface area contributed by atoms with Gasteiger partial charge in [0.1, 0.15) is 6.10 Å². The van der Waals surface area contributed by atoms with Gasteiger partial charge in [-0.15, -0.1) is 0 Å². The predicted octanol–water partition coefficient (Wildman–Crippen LogP) is 5.22. The molecule has 0 saturated heterocycles. The highest BCUT2D eigenvalue weighted by Crippen LogP contribution is 2.55. The first-order valence-electron chi connectivity index (χ1n) is 8.77. The van der Waals surface area contributed by atoms with E-state index < -0.39 is 5.53 Å². The second kappa shape index (κ2) is 12.8. The summed E-state index contributed by atoms with van der Waals surface area (Å²) in [5.74, 6) is 0. The van der Waals surface area contributed by atoms with Crippen LogP contribution in [0.4, 0.5) is 0 Å². The number of hydrogen-bond donors (Lipinski definition) is 0. The van der Waals surface area contributed by atoms with E-state index in [4.69, 9.17) is 14.2 Å². The first kappa shape index (κ1) is 21.3. The predicted molar refractivity (Wildman–Crippen MR) is 93.5 cm³/mol. The molecule has 0 N–H and O–H groups in total. The van der Waals surface area contributed by atoms with Crippen LogP contribution in [0.25, 0.3) is 0 Å². The fourth-order valence-corrected chi connectivity index (χ4v) is 6.06. The molecule has 0 rings (SSSR count). The van der Waals surface area contributed by atoms with Gasteiger partial charge in [-0.3, -0.25) is 0 Å². The molecule has 21 heavy (non-hydrogen) atoms. The van der Waals surface area contributed by atoms with E-state index in [0.29, 0.717) is 19.8 Å². The zero-order valence-electron chi connectivity index (χ0n) is 15.1. The lowest BCUT2D eigenvalue weighted by molar-refractivity contribution is -0.228. The Morgan fingerprint density at radius 2 is 1.29 bits per heavy atom. The summed E-state index contributed by atoms with van der Waals surface area (Å²) in [6, 6.07) is 0. The Labute approximate surface area is 133 Å². The first-order valence-corrected chi connectivity index (χ1v) is 10.5. The third kappa shape index (κ3) is 6.95. The van der Waals surface area contributed by atoms with Crippen molar-refractivity contribution in [3.8, 4) is 0 Å². The summed E-state index contributed by atoms with van der Waals surface area (Å²) in [5, 5.41) is 0. The number of ether oxygens (including phenoxy) is 3. The summed E-state index contributed by atoms with van der Waals surface area (Å²) in [5.41, 5.74) is -0.529. The van der Waals surface area contributed by atoms with Crippen molar-refractivity contribution in [2.75, 3.05) is 32.1 Å². The van der Waals surface area contributed by atoms with Gasteiger partial charge in [0.25, 0.3) is 0 Å². The number of rotatable bonds is 14. The Balaban J connectivity index is 5.27. The second-order valence-corrected chi connectivity index (χ2v) is 7.89. The lowest BCUT2D eigenvalue weighted by Gasteiger charge is -2.44. The summed E-state index contributed by atoms with van der Waals surface area (Å²) in [6.07, 6.45) is 7.35. The molecular weight excluding hydrogens is 283 g/mol. The van der Waals surface area contributed by atoms with E-state index in [0.717, 1.165) is 0 Å². The van der Waals surface area contributed by atoms with E-state index in [1.807, 2.05) is 6.92 Å². The molecule has 128 valence electrons. The van der Waals surface area contributed by atoms with Gasteiger partial charge < -0.3 is 14.2 Å². The molecule has 0 saturated carbocycles. The molecule has 0 fully saturated rings. The van der Waals surface area contributed by atoms with Crippen LogP contribution in [0.3, 0.4) is 0 Å².